The van der Waals surface area contributed by atoms with Crippen LogP contribution in [-0.4, -0.2) is 27.2 Å². The molecule has 0 aliphatic rings. The largest absolute Gasteiger partial charge is 0.353 e. The summed E-state index contributed by atoms with van der Waals surface area (Å²) in [5.41, 5.74) is 8.03. The number of nitrogens with one attached hydrogen (secondary N) is 3. The third-order valence-electron chi connectivity index (χ3n) is 5.28. The van der Waals surface area contributed by atoms with Crippen LogP contribution >= 0.6 is 11.6 Å². The van der Waals surface area contributed by atoms with Crippen LogP contribution in [-0.2, 0) is 0 Å². The van der Waals surface area contributed by atoms with Gasteiger partial charge >= 0.3 is 6.03 Å². The quantitative estimate of drug-likeness (QED) is 0.274. The van der Waals surface area contributed by atoms with Crippen LogP contribution in [0.3, 0.4) is 0 Å². The molecule has 1 heterocycles. The smallest absolute Gasteiger partial charge is 0.312 e. The molecule has 3 aromatic carbocycles. The van der Waals surface area contributed by atoms with E-state index in [9.17, 15) is 18.4 Å². The number of benzene rings is 3. The van der Waals surface area contributed by atoms with Crippen LogP contribution in [0.4, 0.5) is 25.0 Å². The summed E-state index contributed by atoms with van der Waals surface area (Å²) in [6.45, 7) is 1.77. The summed E-state index contributed by atoms with van der Waals surface area (Å²) < 4.78 is 27.1. The molecule has 0 bridgehead atoms. The monoisotopic (exact) mass is 496 g/mol. The van der Waals surface area contributed by atoms with Crippen molar-refractivity contribution in [2.24, 2.45) is 5.73 Å². The fourth-order valence-corrected chi connectivity index (χ4v) is 3.82. The summed E-state index contributed by atoms with van der Waals surface area (Å²) in [5, 5.41) is 15.8. The van der Waals surface area contributed by atoms with Crippen LogP contribution in [0.1, 0.15) is 38.8 Å². The van der Waals surface area contributed by atoms with E-state index in [1.807, 2.05) is 0 Å². The molecule has 0 radical (unpaired) electrons. The Morgan fingerprint density at radius 1 is 1.06 bits per heavy atom. The number of hydrogen-bond donors (Lipinski definition) is 4. The van der Waals surface area contributed by atoms with Gasteiger partial charge in [-0.1, -0.05) is 23.7 Å². The molecule has 0 saturated heterocycles. The third kappa shape index (κ3) is 5.28. The van der Waals surface area contributed by atoms with E-state index in [4.69, 9.17) is 17.3 Å². The Hall–Kier alpha value is -4.31. The van der Waals surface area contributed by atoms with Crippen LogP contribution in [0.15, 0.2) is 60.8 Å². The number of aromatic nitrogens is 3. The number of hydrogen-bond acceptors (Lipinski definition) is 5. The first-order chi connectivity index (χ1) is 16.7. The number of halogens is 3. The Labute approximate surface area is 203 Å². The van der Waals surface area contributed by atoms with E-state index >= 15 is 0 Å². The topological polar surface area (TPSA) is 126 Å². The van der Waals surface area contributed by atoms with E-state index in [2.05, 4.69) is 26.0 Å². The SMILES string of the molecule is Cc1ccc(C(NC(N)=O)c2cn[nH]n2)cc1C(=O)c1ccc(Nc2ccc(F)cc2F)cc1Cl. The van der Waals surface area contributed by atoms with Gasteiger partial charge in [0.1, 0.15) is 23.4 Å². The molecule has 178 valence electrons. The molecular formula is C24H19ClF2N6O2. The molecular weight excluding hydrogens is 478 g/mol. The molecule has 1 unspecified atom stereocenters. The van der Waals surface area contributed by atoms with Crippen molar-refractivity contribution in [1.82, 2.24) is 20.7 Å². The van der Waals surface area contributed by atoms with Crippen molar-refractivity contribution in [1.29, 1.82) is 0 Å². The average molecular weight is 497 g/mol. The number of carbonyl (C=O) groups excluding carboxylic acids is 2. The van der Waals surface area contributed by atoms with Crippen LogP contribution in [0, 0.1) is 18.6 Å². The maximum Gasteiger partial charge on any atom is 0.312 e. The fraction of sp³-hybridized carbons (Fsp3) is 0.0833. The number of amides is 2. The van der Waals surface area contributed by atoms with Gasteiger partial charge in [0.2, 0.25) is 0 Å². The molecule has 2 amide bonds. The molecule has 0 saturated carbocycles. The zero-order valence-electron chi connectivity index (χ0n) is 18.3. The summed E-state index contributed by atoms with van der Waals surface area (Å²) in [6.07, 6.45) is 1.44. The lowest BCUT2D eigenvalue weighted by molar-refractivity contribution is 0.103. The number of primary amides is 1. The van der Waals surface area contributed by atoms with Crippen LogP contribution in [0.2, 0.25) is 5.02 Å². The molecule has 5 N–H and O–H groups in total. The minimum Gasteiger partial charge on any atom is -0.353 e. The highest BCUT2D eigenvalue weighted by atomic mass is 35.5. The van der Waals surface area contributed by atoms with Gasteiger partial charge in [0.15, 0.2) is 5.78 Å². The fourth-order valence-electron chi connectivity index (χ4n) is 3.55. The van der Waals surface area contributed by atoms with Gasteiger partial charge in [-0.05, 0) is 54.4 Å². The molecule has 11 heteroatoms. The number of H-pyrrole nitrogens is 1. The van der Waals surface area contributed by atoms with Crippen molar-refractivity contribution in [2.45, 2.75) is 13.0 Å². The molecule has 0 aliphatic heterocycles. The van der Waals surface area contributed by atoms with Gasteiger partial charge in [-0.3, -0.25) is 4.79 Å². The second-order valence-corrected chi connectivity index (χ2v) is 8.09. The number of aryl methyl sites for hydroxylation is 1. The standard InChI is InChI=1S/C24H19ClF2N6O2/c1-12-2-3-13(22(31-24(28)35)21-11-29-33-32-21)8-17(12)23(34)16-6-5-15(10-18(16)25)30-20-7-4-14(26)9-19(20)27/h2-11,22,30H,1H3,(H3,28,31,35)(H,29,32,33). The Balaban J connectivity index is 1.64. The molecule has 0 spiro atoms. The molecule has 8 nitrogen and oxygen atoms in total. The Morgan fingerprint density at radius 2 is 1.86 bits per heavy atom. The van der Waals surface area contributed by atoms with Crippen molar-refractivity contribution in [2.75, 3.05) is 5.32 Å². The third-order valence-corrected chi connectivity index (χ3v) is 5.59. The maximum absolute atomic E-state index is 14.0. The second-order valence-electron chi connectivity index (χ2n) is 7.68. The lowest BCUT2D eigenvalue weighted by atomic mass is 9.93. The number of urea groups is 1. The summed E-state index contributed by atoms with van der Waals surface area (Å²) in [6, 6.07) is 11.3. The van der Waals surface area contributed by atoms with Gasteiger partial charge in [-0.25, -0.2) is 13.6 Å². The Morgan fingerprint density at radius 3 is 2.51 bits per heavy atom. The van der Waals surface area contributed by atoms with Gasteiger partial charge in [-0.15, -0.1) is 0 Å². The van der Waals surface area contributed by atoms with E-state index in [1.165, 1.54) is 24.4 Å². The number of carbonyl (C=O) groups is 2. The van der Waals surface area contributed by atoms with Crippen molar-refractivity contribution in [3.63, 3.8) is 0 Å². The summed E-state index contributed by atoms with van der Waals surface area (Å²) >= 11 is 6.40. The van der Waals surface area contributed by atoms with Crippen molar-refractivity contribution in [3.8, 4) is 0 Å². The second kappa shape index (κ2) is 9.90. The van der Waals surface area contributed by atoms with Crippen molar-refractivity contribution >= 4 is 34.8 Å². The summed E-state index contributed by atoms with van der Waals surface area (Å²) in [7, 11) is 0. The molecule has 0 aliphatic carbocycles. The minimum absolute atomic E-state index is 0.0611. The number of anilines is 2. The number of ketones is 1. The lowest BCUT2D eigenvalue weighted by Crippen LogP contribution is -2.34. The van der Waals surface area contributed by atoms with Gasteiger partial charge in [0, 0.05) is 22.9 Å². The predicted octanol–water partition coefficient (Wildman–Crippen LogP) is 4.78. The van der Waals surface area contributed by atoms with Gasteiger partial charge in [0.25, 0.3) is 0 Å². The minimum atomic E-state index is -0.768. The highest BCUT2D eigenvalue weighted by Gasteiger charge is 2.22. The van der Waals surface area contributed by atoms with E-state index in [0.29, 0.717) is 28.1 Å². The Kier molecular flexibility index (Phi) is 6.74. The molecule has 1 aromatic heterocycles. The highest BCUT2D eigenvalue weighted by molar-refractivity contribution is 6.35. The van der Waals surface area contributed by atoms with E-state index in [1.54, 1.807) is 31.2 Å². The first-order valence-electron chi connectivity index (χ1n) is 10.3. The van der Waals surface area contributed by atoms with Gasteiger partial charge in [-0.2, -0.15) is 15.4 Å². The van der Waals surface area contributed by atoms with Crippen molar-refractivity contribution in [3.05, 3.63) is 105 Å². The van der Waals surface area contributed by atoms with Crippen LogP contribution < -0.4 is 16.4 Å². The lowest BCUT2D eigenvalue weighted by Gasteiger charge is -2.17. The average Bonchev–Trinajstić information content (AvgIpc) is 3.34. The molecule has 35 heavy (non-hydrogen) atoms. The molecule has 4 rings (SSSR count). The van der Waals surface area contributed by atoms with E-state index < -0.39 is 23.7 Å². The predicted molar refractivity (Wildman–Crippen MR) is 127 cm³/mol. The highest BCUT2D eigenvalue weighted by Crippen LogP contribution is 2.29. The normalized spacial score (nSPS) is 11.7. The molecule has 4 aromatic rings. The first kappa shape index (κ1) is 23.8. The molecule has 1 atom stereocenters. The van der Waals surface area contributed by atoms with Crippen LogP contribution in [0.5, 0.6) is 0 Å². The number of nitrogens with two attached hydrogens (primary N) is 1. The zero-order chi connectivity index (χ0) is 25.1. The van der Waals surface area contributed by atoms with E-state index in [0.717, 1.165) is 12.1 Å². The van der Waals surface area contributed by atoms with Crippen LogP contribution in [0.25, 0.3) is 0 Å². The summed E-state index contributed by atoms with van der Waals surface area (Å²) in [4.78, 5) is 24.9. The number of aromatic amines is 1. The van der Waals surface area contributed by atoms with Gasteiger partial charge in [0.05, 0.1) is 16.9 Å². The van der Waals surface area contributed by atoms with Crippen molar-refractivity contribution < 1.29 is 18.4 Å². The Bertz CT molecular complexity index is 1410. The molecule has 0 fully saturated rings. The van der Waals surface area contributed by atoms with E-state index in [-0.39, 0.29) is 22.1 Å². The number of rotatable bonds is 7. The first-order valence-corrected chi connectivity index (χ1v) is 10.7. The van der Waals surface area contributed by atoms with Gasteiger partial charge < -0.3 is 16.4 Å². The zero-order valence-corrected chi connectivity index (χ0v) is 19.0. The summed E-state index contributed by atoms with van der Waals surface area (Å²) in [5.74, 6) is -1.81. The maximum atomic E-state index is 14.0. The number of nitrogens with zero attached hydrogens (tertiary/aromatic N) is 2.